The summed E-state index contributed by atoms with van der Waals surface area (Å²) in [6.07, 6.45) is 1.53. The van der Waals surface area contributed by atoms with Crippen molar-refractivity contribution >= 4 is 5.91 Å². The molecule has 1 rings (SSSR count). The number of amides is 1. The van der Waals surface area contributed by atoms with Gasteiger partial charge in [0.1, 0.15) is 5.69 Å². The molecule has 3 heteroatoms. The molecule has 1 amide bonds. The van der Waals surface area contributed by atoms with Gasteiger partial charge in [-0.2, -0.15) is 0 Å². The van der Waals surface area contributed by atoms with E-state index in [-0.39, 0.29) is 5.91 Å². The highest BCUT2D eigenvalue weighted by Gasteiger charge is 2.00. The maximum Gasteiger partial charge on any atom is 0.269 e. The number of nitrogens with one attached hydrogen (secondary N) is 1. The Morgan fingerprint density at radius 1 is 1.80 bits per heavy atom. The van der Waals surface area contributed by atoms with Crippen molar-refractivity contribution < 1.29 is 4.79 Å². The maximum atomic E-state index is 10.8. The molecule has 0 unspecified atom stereocenters. The van der Waals surface area contributed by atoms with Gasteiger partial charge in [0, 0.05) is 13.2 Å². The molecule has 0 aliphatic rings. The van der Waals surface area contributed by atoms with Gasteiger partial charge in [-0.15, -0.1) is 0 Å². The van der Waals surface area contributed by atoms with Crippen molar-refractivity contribution in [3.8, 4) is 0 Å². The van der Waals surface area contributed by atoms with Crippen molar-refractivity contribution in [1.29, 1.82) is 0 Å². The summed E-state index contributed by atoms with van der Waals surface area (Å²) in [6, 6.07) is 5.94. The first kappa shape index (κ1) is 6.74. The summed E-state index contributed by atoms with van der Waals surface area (Å²) in [5.41, 5.74) is 0.394. The van der Waals surface area contributed by atoms with Crippen LogP contribution in [0.3, 0.4) is 0 Å². The van der Waals surface area contributed by atoms with Crippen LogP contribution in [-0.2, 0) is 0 Å². The van der Waals surface area contributed by atoms with Gasteiger partial charge in [-0.05, 0) is 18.2 Å². The standard InChI is InChI=1S/C7H7N2O/c1-8-7(10)6-4-2-3-5-9-6/h3-5H,1H3,(H,8,10). The van der Waals surface area contributed by atoms with E-state index in [4.69, 9.17) is 0 Å². The minimum atomic E-state index is -0.183. The van der Waals surface area contributed by atoms with Crippen LogP contribution in [0.5, 0.6) is 0 Å². The zero-order chi connectivity index (χ0) is 7.40. The van der Waals surface area contributed by atoms with E-state index in [2.05, 4.69) is 16.4 Å². The molecule has 0 bridgehead atoms. The van der Waals surface area contributed by atoms with Crippen molar-refractivity contribution in [3.05, 3.63) is 30.1 Å². The molecule has 10 heavy (non-hydrogen) atoms. The van der Waals surface area contributed by atoms with Crippen LogP contribution in [0.25, 0.3) is 0 Å². The average Bonchev–Trinajstić information content (AvgIpc) is 2.05. The average molecular weight is 135 g/mol. The van der Waals surface area contributed by atoms with Gasteiger partial charge in [0.25, 0.3) is 5.91 Å². The molecular formula is C7H7N2O. The normalized spacial score (nSPS) is 8.90. The fourth-order valence-corrected chi connectivity index (χ4v) is 0.577. The Labute approximate surface area is 59.1 Å². The molecule has 1 radical (unpaired) electrons. The summed E-state index contributed by atoms with van der Waals surface area (Å²) in [5, 5.41) is 2.46. The third-order valence-electron chi connectivity index (χ3n) is 1.06. The summed E-state index contributed by atoms with van der Waals surface area (Å²) in [6.45, 7) is 0. The van der Waals surface area contributed by atoms with E-state index in [1.165, 1.54) is 6.20 Å². The van der Waals surface area contributed by atoms with E-state index in [9.17, 15) is 4.79 Å². The zero-order valence-corrected chi connectivity index (χ0v) is 5.59. The number of carbonyl (C=O) groups is 1. The number of hydrogen-bond donors (Lipinski definition) is 1. The Morgan fingerprint density at radius 3 is 3.10 bits per heavy atom. The highest BCUT2D eigenvalue weighted by atomic mass is 16.1. The quantitative estimate of drug-likeness (QED) is 0.599. The van der Waals surface area contributed by atoms with Crippen LogP contribution in [0.15, 0.2) is 18.3 Å². The molecule has 0 aromatic carbocycles. The second kappa shape index (κ2) is 2.96. The Bertz CT molecular complexity index is 220. The highest BCUT2D eigenvalue weighted by Crippen LogP contribution is 1.89. The van der Waals surface area contributed by atoms with Crippen LogP contribution < -0.4 is 5.32 Å². The lowest BCUT2D eigenvalue weighted by molar-refractivity contribution is 0.0958. The van der Waals surface area contributed by atoms with E-state index in [1.54, 1.807) is 19.2 Å². The largest absolute Gasteiger partial charge is 0.354 e. The highest BCUT2D eigenvalue weighted by molar-refractivity contribution is 5.91. The third-order valence-corrected chi connectivity index (χ3v) is 1.06. The van der Waals surface area contributed by atoms with Gasteiger partial charge < -0.3 is 5.32 Å². The summed E-state index contributed by atoms with van der Waals surface area (Å²) < 4.78 is 0. The first-order chi connectivity index (χ1) is 4.84. The molecule has 0 aliphatic carbocycles. The van der Waals surface area contributed by atoms with Gasteiger partial charge >= 0.3 is 0 Å². The molecule has 1 aromatic heterocycles. The number of rotatable bonds is 1. The predicted octanol–water partition coefficient (Wildman–Crippen LogP) is 0.241. The molecule has 1 aromatic rings. The monoisotopic (exact) mass is 135 g/mol. The minimum absolute atomic E-state index is 0.183. The van der Waals surface area contributed by atoms with Gasteiger partial charge in [0.05, 0.1) is 0 Å². The van der Waals surface area contributed by atoms with Crippen LogP contribution >= 0.6 is 0 Å². The minimum Gasteiger partial charge on any atom is -0.354 e. The van der Waals surface area contributed by atoms with Gasteiger partial charge in [-0.1, -0.05) is 0 Å². The van der Waals surface area contributed by atoms with Crippen molar-refractivity contribution in [1.82, 2.24) is 10.3 Å². The van der Waals surface area contributed by atoms with Crippen molar-refractivity contribution in [2.75, 3.05) is 7.05 Å². The maximum absolute atomic E-state index is 10.8. The third kappa shape index (κ3) is 1.31. The SMILES string of the molecule is CNC(=O)c1c[c]ccn1. The number of carbonyl (C=O) groups excluding carboxylic acids is 1. The molecule has 0 spiro atoms. The summed E-state index contributed by atoms with van der Waals surface area (Å²) in [5.74, 6) is -0.183. The van der Waals surface area contributed by atoms with E-state index >= 15 is 0 Å². The number of nitrogens with zero attached hydrogens (tertiary/aromatic N) is 1. The summed E-state index contributed by atoms with van der Waals surface area (Å²) >= 11 is 0. The molecule has 0 saturated heterocycles. The van der Waals surface area contributed by atoms with E-state index in [0.717, 1.165) is 0 Å². The zero-order valence-electron chi connectivity index (χ0n) is 5.59. The van der Waals surface area contributed by atoms with Gasteiger partial charge in [0.2, 0.25) is 0 Å². The fraction of sp³-hybridized carbons (Fsp3) is 0.143. The Kier molecular flexibility index (Phi) is 1.99. The fourth-order valence-electron chi connectivity index (χ4n) is 0.577. The molecule has 0 aliphatic heterocycles. The molecule has 0 atom stereocenters. The van der Waals surface area contributed by atoms with Crippen LogP contribution in [0.1, 0.15) is 10.5 Å². The van der Waals surface area contributed by atoms with E-state index in [1.807, 2.05) is 0 Å². The van der Waals surface area contributed by atoms with Crippen LogP contribution in [-0.4, -0.2) is 17.9 Å². The first-order valence-corrected chi connectivity index (χ1v) is 2.89. The Hall–Kier alpha value is -1.38. The van der Waals surface area contributed by atoms with Crippen LogP contribution in [0, 0.1) is 6.07 Å². The number of pyridine rings is 1. The van der Waals surface area contributed by atoms with E-state index in [0.29, 0.717) is 5.69 Å². The molecule has 0 fully saturated rings. The van der Waals surface area contributed by atoms with Gasteiger partial charge in [-0.3, -0.25) is 9.78 Å². The van der Waals surface area contributed by atoms with Crippen molar-refractivity contribution in [3.63, 3.8) is 0 Å². The Morgan fingerprint density at radius 2 is 2.60 bits per heavy atom. The molecule has 51 valence electrons. The lowest BCUT2D eigenvalue weighted by atomic mass is 10.3. The molecule has 1 heterocycles. The smallest absolute Gasteiger partial charge is 0.269 e. The molecule has 3 nitrogen and oxygen atoms in total. The van der Waals surface area contributed by atoms with Crippen LogP contribution in [0.2, 0.25) is 0 Å². The first-order valence-electron chi connectivity index (χ1n) is 2.89. The number of hydrogen-bond acceptors (Lipinski definition) is 2. The topological polar surface area (TPSA) is 42.0 Å². The second-order valence-corrected chi connectivity index (χ2v) is 1.72. The van der Waals surface area contributed by atoms with Crippen LogP contribution in [0.4, 0.5) is 0 Å². The summed E-state index contributed by atoms with van der Waals surface area (Å²) in [4.78, 5) is 14.6. The summed E-state index contributed by atoms with van der Waals surface area (Å²) in [7, 11) is 1.57. The second-order valence-electron chi connectivity index (χ2n) is 1.72. The number of aromatic nitrogens is 1. The van der Waals surface area contributed by atoms with Crippen molar-refractivity contribution in [2.45, 2.75) is 0 Å². The van der Waals surface area contributed by atoms with E-state index < -0.39 is 0 Å². The van der Waals surface area contributed by atoms with Gasteiger partial charge in [-0.25, -0.2) is 0 Å². The lowest BCUT2D eigenvalue weighted by Crippen LogP contribution is -2.18. The van der Waals surface area contributed by atoms with Crippen molar-refractivity contribution in [2.24, 2.45) is 0 Å². The predicted molar refractivity (Wildman–Crippen MR) is 36.5 cm³/mol. The van der Waals surface area contributed by atoms with Gasteiger partial charge in [0.15, 0.2) is 0 Å². The molecule has 1 N–H and O–H groups in total. The molecule has 0 saturated carbocycles. The molecular weight excluding hydrogens is 128 g/mol. The Balaban J connectivity index is 2.85. The lowest BCUT2D eigenvalue weighted by Gasteiger charge is -1.94.